The molecule has 0 aromatic heterocycles. The second-order valence-electron chi connectivity index (χ2n) is 7.39. The number of benzene rings is 2. The van der Waals surface area contributed by atoms with Gasteiger partial charge in [0.15, 0.2) is 0 Å². The van der Waals surface area contributed by atoms with Gasteiger partial charge in [-0.15, -0.1) is 0 Å². The lowest BCUT2D eigenvalue weighted by Crippen LogP contribution is -2.43. The number of carbonyl (C=O) groups excluding carboxylic acids is 2. The van der Waals surface area contributed by atoms with Crippen molar-refractivity contribution in [2.75, 3.05) is 20.2 Å². The summed E-state index contributed by atoms with van der Waals surface area (Å²) in [5.74, 6) is -1.36. The molecule has 0 saturated heterocycles. The fraction of sp³-hybridized carbons (Fsp3) is 0.348. The fourth-order valence-electron chi connectivity index (χ4n) is 3.87. The van der Waals surface area contributed by atoms with Gasteiger partial charge in [-0.1, -0.05) is 48.5 Å². The highest BCUT2D eigenvalue weighted by molar-refractivity contribution is 5.81. The number of rotatable bonds is 8. The molecule has 0 saturated carbocycles. The van der Waals surface area contributed by atoms with Gasteiger partial charge in [0.05, 0.1) is 0 Å². The molecule has 3 rings (SSSR count). The first-order chi connectivity index (χ1) is 14.4. The number of fused-ring (bicyclic) bond motifs is 3. The minimum absolute atomic E-state index is 0.0854. The number of carboxylic acid groups (broad SMARTS) is 1. The van der Waals surface area contributed by atoms with E-state index in [9.17, 15) is 19.5 Å². The van der Waals surface area contributed by atoms with Crippen molar-refractivity contribution in [3.05, 3.63) is 59.7 Å². The lowest BCUT2D eigenvalue weighted by atomic mass is 9.98. The number of likely N-dealkylation sites (N-methyl/N-ethyl adjacent to an activating group) is 1. The summed E-state index contributed by atoms with van der Waals surface area (Å²) in [4.78, 5) is 36.3. The molecule has 1 atom stereocenters. The molecule has 1 aliphatic rings. The van der Waals surface area contributed by atoms with E-state index < -0.39 is 18.1 Å². The van der Waals surface area contributed by atoms with Gasteiger partial charge >= 0.3 is 12.1 Å². The van der Waals surface area contributed by atoms with E-state index in [4.69, 9.17) is 4.74 Å². The second-order valence-corrected chi connectivity index (χ2v) is 7.39. The van der Waals surface area contributed by atoms with E-state index in [1.807, 2.05) is 36.4 Å². The van der Waals surface area contributed by atoms with E-state index >= 15 is 0 Å². The van der Waals surface area contributed by atoms with Crippen LogP contribution in [0.5, 0.6) is 0 Å². The number of aliphatic carboxylic acids is 1. The van der Waals surface area contributed by atoms with Crippen LogP contribution < -0.4 is 5.32 Å². The van der Waals surface area contributed by atoms with Gasteiger partial charge < -0.3 is 15.2 Å². The number of carbonyl (C=O) groups is 3. The molecule has 0 spiro atoms. The summed E-state index contributed by atoms with van der Waals surface area (Å²) in [6.07, 6.45) is -0.0165. The van der Waals surface area contributed by atoms with E-state index in [1.165, 1.54) is 14.0 Å². The third-order valence-electron chi connectivity index (χ3n) is 5.40. The van der Waals surface area contributed by atoms with Crippen LogP contribution in [0.4, 0.5) is 4.79 Å². The summed E-state index contributed by atoms with van der Waals surface area (Å²) in [7, 11) is 1.43. The molecule has 0 bridgehead atoms. The van der Waals surface area contributed by atoms with Gasteiger partial charge in [-0.25, -0.2) is 9.59 Å². The molecule has 7 heteroatoms. The molecule has 2 N–H and O–H groups in total. The summed E-state index contributed by atoms with van der Waals surface area (Å²) >= 11 is 0. The smallest absolute Gasteiger partial charge is 0.410 e. The van der Waals surface area contributed by atoms with Crippen LogP contribution in [0.15, 0.2) is 48.5 Å². The number of nitrogens with one attached hydrogen (secondary N) is 1. The number of hydrogen-bond acceptors (Lipinski definition) is 4. The molecule has 30 heavy (non-hydrogen) atoms. The van der Waals surface area contributed by atoms with Crippen LogP contribution in [0.25, 0.3) is 11.1 Å². The monoisotopic (exact) mass is 410 g/mol. The summed E-state index contributed by atoms with van der Waals surface area (Å²) in [6.45, 7) is 1.89. The first-order valence-corrected chi connectivity index (χ1v) is 9.95. The zero-order valence-corrected chi connectivity index (χ0v) is 17.1. The quantitative estimate of drug-likeness (QED) is 0.652. The zero-order chi connectivity index (χ0) is 21.7. The van der Waals surface area contributed by atoms with E-state index in [-0.39, 0.29) is 24.9 Å². The SMILES string of the molecule is CC(=O)NCCC[C@H](C(=O)O)N(C)C(=O)OCC1c2ccccc2-c2ccccc21. The number of hydrogen-bond donors (Lipinski definition) is 2. The van der Waals surface area contributed by atoms with E-state index in [1.54, 1.807) is 0 Å². The van der Waals surface area contributed by atoms with Gasteiger partial charge in [-0.05, 0) is 35.1 Å². The van der Waals surface area contributed by atoms with E-state index in [2.05, 4.69) is 17.4 Å². The molecule has 0 unspecified atom stereocenters. The molecule has 7 nitrogen and oxygen atoms in total. The molecule has 2 aromatic rings. The first-order valence-electron chi connectivity index (χ1n) is 9.95. The fourth-order valence-corrected chi connectivity index (χ4v) is 3.87. The van der Waals surface area contributed by atoms with Crippen molar-refractivity contribution < 1.29 is 24.2 Å². The van der Waals surface area contributed by atoms with Crippen LogP contribution in [-0.2, 0) is 14.3 Å². The molecule has 1 aliphatic carbocycles. The minimum atomic E-state index is -1.10. The summed E-state index contributed by atoms with van der Waals surface area (Å²) in [5.41, 5.74) is 4.45. The lowest BCUT2D eigenvalue weighted by molar-refractivity contribution is -0.142. The van der Waals surface area contributed by atoms with Crippen LogP contribution in [-0.4, -0.2) is 54.2 Å². The van der Waals surface area contributed by atoms with Gasteiger partial charge in [0.1, 0.15) is 12.6 Å². The maximum atomic E-state index is 12.6. The lowest BCUT2D eigenvalue weighted by Gasteiger charge is -2.25. The van der Waals surface area contributed by atoms with Gasteiger partial charge in [-0.2, -0.15) is 0 Å². The number of nitrogens with zero attached hydrogens (tertiary/aromatic N) is 1. The Morgan fingerprint density at radius 3 is 2.17 bits per heavy atom. The van der Waals surface area contributed by atoms with Crippen LogP contribution in [0.3, 0.4) is 0 Å². The number of amides is 2. The molecular formula is C23H26N2O5. The first kappa shape index (κ1) is 21.4. The minimum Gasteiger partial charge on any atom is -0.480 e. The average Bonchev–Trinajstić information content (AvgIpc) is 3.05. The predicted octanol–water partition coefficient (Wildman–Crippen LogP) is 3.24. The highest BCUT2D eigenvalue weighted by atomic mass is 16.6. The summed E-state index contributed by atoms with van der Waals surface area (Å²) < 4.78 is 5.53. The van der Waals surface area contributed by atoms with Crippen molar-refractivity contribution in [2.24, 2.45) is 0 Å². The number of ether oxygens (including phenoxy) is 1. The third kappa shape index (κ3) is 4.62. The van der Waals surface area contributed by atoms with E-state index in [0.29, 0.717) is 13.0 Å². The maximum Gasteiger partial charge on any atom is 0.410 e. The Bertz CT molecular complexity index is 897. The van der Waals surface area contributed by atoms with Gasteiger partial charge in [0, 0.05) is 26.4 Å². The Morgan fingerprint density at radius 2 is 1.63 bits per heavy atom. The van der Waals surface area contributed by atoms with Crippen molar-refractivity contribution >= 4 is 18.0 Å². The standard InChI is InChI=1S/C23H26N2O5/c1-15(26)24-13-7-12-21(22(27)28)25(2)23(29)30-14-20-18-10-5-3-8-16(18)17-9-4-6-11-19(17)20/h3-6,8-11,20-21H,7,12-14H2,1-2H3,(H,24,26)(H,27,28)/t21-/m1/s1. The van der Waals surface area contributed by atoms with Crippen molar-refractivity contribution in [3.8, 4) is 11.1 Å². The van der Waals surface area contributed by atoms with E-state index in [0.717, 1.165) is 27.2 Å². The molecule has 0 heterocycles. The van der Waals surface area contributed by atoms with Crippen LogP contribution in [0.1, 0.15) is 36.8 Å². The van der Waals surface area contributed by atoms with Crippen LogP contribution in [0.2, 0.25) is 0 Å². The van der Waals surface area contributed by atoms with Gasteiger partial charge in [0.2, 0.25) is 5.91 Å². The average molecular weight is 410 g/mol. The van der Waals surface area contributed by atoms with Gasteiger partial charge in [-0.3, -0.25) is 9.69 Å². The largest absolute Gasteiger partial charge is 0.480 e. The molecule has 0 radical (unpaired) electrons. The van der Waals surface area contributed by atoms with Crippen molar-refractivity contribution in [1.82, 2.24) is 10.2 Å². The summed E-state index contributed by atoms with van der Waals surface area (Å²) in [5, 5.41) is 12.1. The highest BCUT2D eigenvalue weighted by Crippen LogP contribution is 2.44. The van der Waals surface area contributed by atoms with Gasteiger partial charge in [0.25, 0.3) is 0 Å². The molecule has 2 aromatic carbocycles. The molecule has 0 aliphatic heterocycles. The Balaban J connectivity index is 1.64. The zero-order valence-electron chi connectivity index (χ0n) is 17.1. The van der Waals surface area contributed by atoms with Crippen molar-refractivity contribution in [3.63, 3.8) is 0 Å². The summed E-state index contributed by atoms with van der Waals surface area (Å²) in [6, 6.07) is 15.0. The molecule has 0 fully saturated rings. The second kappa shape index (κ2) is 9.43. The van der Waals surface area contributed by atoms with Crippen molar-refractivity contribution in [1.29, 1.82) is 0 Å². The molecule has 2 amide bonds. The third-order valence-corrected chi connectivity index (χ3v) is 5.40. The van der Waals surface area contributed by atoms with Crippen LogP contribution >= 0.6 is 0 Å². The topological polar surface area (TPSA) is 95.9 Å². The van der Waals surface area contributed by atoms with Crippen LogP contribution in [0, 0.1) is 0 Å². The normalized spacial score (nSPS) is 13.1. The highest BCUT2D eigenvalue weighted by Gasteiger charge is 2.31. The molecular weight excluding hydrogens is 384 g/mol. The maximum absolute atomic E-state index is 12.6. The number of carboxylic acids is 1. The van der Waals surface area contributed by atoms with Crippen molar-refractivity contribution in [2.45, 2.75) is 31.7 Å². The predicted molar refractivity (Wildman–Crippen MR) is 112 cm³/mol. The Morgan fingerprint density at radius 1 is 1.07 bits per heavy atom. The Labute approximate surface area is 175 Å². The Kier molecular flexibility index (Phi) is 6.72. The Hall–Kier alpha value is -3.35. The molecule has 158 valence electrons.